The Hall–Kier alpha value is -1.40. The number of benzene rings is 2. The van der Waals surface area contributed by atoms with Crippen molar-refractivity contribution in [3.05, 3.63) is 36.4 Å². The summed E-state index contributed by atoms with van der Waals surface area (Å²) in [5, 5.41) is 2.27. The highest BCUT2D eigenvalue weighted by atomic mass is 32.3. The van der Waals surface area contributed by atoms with E-state index in [1.807, 2.05) is 25.1 Å². The molecule has 1 aliphatic rings. The van der Waals surface area contributed by atoms with Gasteiger partial charge in [0.1, 0.15) is 5.75 Å². The number of hydrogen-bond acceptors (Lipinski definition) is 2. The molecule has 0 bridgehead atoms. The maximum absolute atomic E-state index is 12.6. The van der Waals surface area contributed by atoms with Crippen LogP contribution in [0.3, 0.4) is 0 Å². The molecule has 1 fully saturated rings. The topological polar surface area (TPSA) is 12.5 Å². The van der Waals surface area contributed by atoms with Gasteiger partial charge in [0.25, 0.3) is 0 Å². The molecule has 138 valence electrons. The minimum Gasteiger partial charge on any atom is -0.493 e. The number of rotatable bonds is 4. The summed E-state index contributed by atoms with van der Waals surface area (Å²) in [6.07, 6.45) is -1.87. The van der Waals surface area contributed by atoms with Crippen molar-refractivity contribution in [2.24, 2.45) is 0 Å². The molecule has 0 saturated carbocycles. The quantitative estimate of drug-likeness (QED) is 0.757. The lowest BCUT2D eigenvalue weighted by Gasteiger charge is -2.45. The second kappa shape index (κ2) is 7.08. The van der Waals surface area contributed by atoms with Gasteiger partial charge in [-0.05, 0) is 47.1 Å². The van der Waals surface area contributed by atoms with Gasteiger partial charge in [-0.3, -0.25) is 4.90 Å². The molecule has 0 amide bonds. The highest BCUT2D eigenvalue weighted by molar-refractivity contribution is 8.33. The van der Waals surface area contributed by atoms with E-state index in [2.05, 4.69) is 24.5 Å². The lowest BCUT2D eigenvalue weighted by atomic mass is 10.1. The Kier molecular flexibility index (Phi) is 5.21. The SMILES string of the molecule is CCOc1ccc(S2(C)CCN(CC(F)(F)F)CC2)c2ccccc12. The smallest absolute Gasteiger partial charge is 0.401 e. The highest BCUT2D eigenvalue weighted by Crippen LogP contribution is 2.57. The molecule has 2 nitrogen and oxygen atoms in total. The summed E-state index contributed by atoms with van der Waals surface area (Å²) < 4.78 is 43.6. The van der Waals surface area contributed by atoms with Crippen LogP contribution in [0.5, 0.6) is 5.75 Å². The van der Waals surface area contributed by atoms with E-state index >= 15 is 0 Å². The van der Waals surface area contributed by atoms with Gasteiger partial charge in [0.2, 0.25) is 0 Å². The monoisotopic (exact) mass is 371 g/mol. The van der Waals surface area contributed by atoms with E-state index in [0.29, 0.717) is 19.7 Å². The minimum absolute atomic E-state index is 0.507. The van der Waals surface area contributed by atoms with Gasteiger partial charge in [0.05, 0.1) is 13.2 Å². The molecule has 1 saturated heterocycles. The molecular weight excluding hydrogens is 347 g/mol. The van der Waals surface area contributed by atoms with Crippen LogP contribution in [0.4, 0.5) is 13.2 Å². The first kappa shape index (κ1) is 18.4. The lowest BCUT2D eigenvalue weighted by Crippen LogP contribution is -2.43. The van der Waals surface area contributed by atoms with Crippen molar-refractivity contribution in [2.45, 2.75) is 18.0 Å². The third-order valence-electron chi connectivity index (χ3n) is 4.79. The molecule has 3 rings (SSSR count). The van der Waals surface area contributed by atoms with E-state index in [0.717, 1.165) is 22.6 Å². The van der Waals surface area contributed by atoms with Gasteiger partial charge in [-0.1, -0.05) is 24.3 Å². The van der Waals surface area contributed by atoms with Crippen LogP contribution in [0.25, 0.3) is 10.8 Å². The largest absolute Gasteiger partial charge is 0.493 e. The summed E-state index contributed by atoms with van der Waals surface area (Å²) >= 11 is 0. The number of alkyl halides is 3. The average Bonchev–Trinajstić information content (AvgIpc) is 2.56. The zero-order valence-corrected chi connectivity index (χ0v) is 15.4. The standard InChI is InChI=1S/C19H24F3NOS/c1-3-24-17-8-9-18(16-7-5-4-6-15(16)17)25(2)12-10-23(11-13-25)14-19(20,21)22/h4-9H,3,10-14H2,1-2H3. The molecule has 25 heavy (non-hydrogen) atoms. The number of ether oxygens (including phenoxy) is 1. The fraction of sp³-hybridized carbons (Fsp3) is 0.474. The molecule has 0 atom stereocenters. The summed E-state index contributed by atoms with van der Waals surface area (Å²) in [4.78, 5) is 2.82. The predicted octanol–water partition coefficient (Wildman–Crippen LogP) is 4.91. The number of fused-ring (bicyclic) bond motifs is 1. The Bertz CT molecular complexity index is 739. The Morgan fingerprint density at radius 2 is 1.68 bits per heavy atom. The second-order valence-electron chi connectivity index (χ2n) is 6.61. The van der Waals surface area contributed by atoms with Crippen LogP contribution in [0.2, 0.25) is 0 Å². The van der Waals surface area contributed by atoms with Gasteiger partial charge in [-0.25, -0.2) is 10.0 Å². The van der Waals surface area contributed by atoms with Crippen molar-refractivity contribution in [3.63, 3.8) is 0 Å². The van der Waals surface area contributed by atoms with Crippen LogP contribution in [0.1, 0.15) is 6.92 Å². The summed E-state index contributed by atoms with van der Waals surface area (Å²) in [6.45, 7) is 2.79. The number of halogens is 3. The van der Waals surface area contributed by atoms with Gasteiger partial charge >= 0.3 is 6.18 Å². The zero-order chi connectivity index (χ0) is 18.1. The van der Waals surface area contributed by atoms with E-state index < -0.39 is 22.7 Å². The van der Waals surface area contributed by atoms with Crippen molar-refractivity contribution in [3.8, 4) is 5.75 Å². The summed E-state index contributed by atoms with van der Waals surface area (Å²) in [6, 6.07) is 12.3. The average molecular weight is 371 g/mol. The molecule has 1 heterocycles. The maximum Gasteiger partial charge on any atom is 0.401 e. The molecule has 0 unspecified atom stereocenters. The first-order valence-electron chi connectivity index (χ1n) is 8.50. The molecule has 0 radical (unpaired) electrons. The third-order valence-corrected chi connectivity index (χ3v) is 8.38. The fourth-order valence-electron chi connectivity index (χ4n) is 3.46. The Morgan fingerprint density at radius 1 is 1.04 bits per heavy atom. The molecule has 0 aliphatic carbocycles. The highest BCUT2D eigenvalue weighted by Gasteiger charge is 2.35. The maximum atomic E-state index is 12.6. The van der Waals surface area contributed by atoms with Crippen LogP contribution >= 0.6 is 10.0 Å². The van der Waals surface area contributed by atoms with Crippen molar-refractivity contribution in [1.29, 1.82) is 0 Å². The summed E-state index contributed by atoms with van der Waals surface area (Å²) in [5.41, 5.74) is 0. The normalized spacial score (nSPS) is 19.7. The fourth-order valence-corrected chi connectivity index (χ4v) is 6.53. The third kappa shape index (κ3) is 4.06. The van der Waals surface area contributed by atoms with Gasteiger partial charge < -0.3 is 4.74 Å². The molecule has 0 spiro atoms. The van der Waals surface area contributed by atoms with E-state index in [1.54, 1.807) is 0 Å². The van der Waals surface area contributed by atoms with E-state index in [1.165, 1.54) is 15.2 Å². The molecule has 2 aromatic rings. The second-order valence-corrected chi connectivity index (χ2v) is 10.4. The molecule has 0 N–H and O–H groups in total. The van der Waals surface area contributed by atoms with Gasteiger partial charge in [-0.2, -0.15) is 13.2 Å². The Balaban J connectivity index is 1.88. The Labute approximate surface area is 148 Å². The molecule has 2 aromatic carbocycles. The minimum atomic E-state index is -4.12. The van der Waals surface area contributed by atoms with E-state index in [-0.39, 0.29) is 0 Å². The molecule has 1 aliphatic heterocycles. The van der Waals surface area contributed by atoms with Crippen LogP contribution in [0, 0.1) is 0 Å². The predicted molar refractivity (Wildman–Crippen MR) is 99.1 cm³/mol. The van der Waals surface area contributed by atoms with Crippen molar-refractivity contribution in [2.75, 3.05) is 44.0 Å². The summed E-state index contributed by atoms with van der Waals surface area (Å²) in [7, 11) is -1.13. The van der Waals surface area contributed by atoms with Crippen LogP contribution in [-0.4, -0.2) is 55.1 Å². The molecule has 6 heteroatoms. The first-order valence-corrected chi connectivity index (χ1v) is 10.9. The lowest BCUT2D eigenvalue weighted by molar-refractivity contribution is -0.145. The van der Waals surface area contributed by atoms with Crippen LogP contribution in [0.15, 0.2) is 41.3 Å². The van der Waals surface area contributed by atoms with Crippen LogP contribution < -0.4 is 4.74 Å². The number of hydrogen-bond donors (Lipinski definition) is 0. The molecule has 0 aromatic heterocycles. The van der Waals surface area contributed by atoms with Gasteiger partial charge in [0, 0.05) is 18.5 Å². The van der Waals surface area contributed by atoms with Crippen LogP contribution in [-0.2, 0) is 0 Å². The molecular formula is C19H24F3NOS. The van der Waals surface area contributed by atoms with Crippen molar-refractivity contribution >= 4 is 20.8 Å². The first-order chi connectivity index (χ1) is 11.8. The van der Waals surface area contributed by atoms with Gasteiger partial charge in [-0.15, -0.1) is 0 Å². The number of nitrogens with zero attached hydrogens (tertiary/aromatic N) is 1. The zero-order valence-electron chi connectivity index (χ0n) is 14.6. The van der Waals surface area contributed by atoms with Gasteiger partial charge in [0.15, 0.2) is 0 Å². The Morgan fingerprint density at radius 3 is 2.28 bits per heavy atom. The van der Waals surface area contributed by atoms with E-state index in [4.69, 9.17) is 4.74 Å². The van der Waals surface area contributed by atoms with Crippen molar-refractivity contribution < 1.29 is 17.9 Å². The van der Waals surface area contributed by atoms with E-state index in [9.17, 15) is 13.2 Å². The summed E-state index contributed by atoms with van der Waals surface area (Å²) in [5.74, 6) is 2.49. The van der Waals surface area contributed by atoms with Crippen molar-refractivity contribution in [1.82, 2.24) is 4.90 Å².